The Morgan fingerprint density at radius 1 is 1.17 bits per heavy atom. The van der Waals surface area contributed by atoms with Gasteiger partial charge in [0.2, 0.25) is 0 Å². The highest BCUT2D eigenvalue weighted by Gasteiger charge is 2.10. The summed E-state index contributed by atoms with van der Waals surface area (Å²) in [4.78, 5) is 2.40. The highest BCUT2D eigenvalue weighted by atomic mass is 16.2. The number of benzene rings is 1. The SMILES string of the molecule is CCC(CC)N(C)Cc1ccc(C#CCO)cc1. The minimum Gasteiger partial charge on any atom is -0.384 e. The van der Waals surface area contributed by atoms with Crippen molar-refractivity contribution < 1.29 is 5.11 Å². The Balaban J connectivity index is 2.63. The molecule has 0 radical (unpaired) electrons. The van der Waals surface area contributed by atoms with Gasteiger partial charge in [-0.15, -0.1) is 0 Å². The van der Waals surface area contributed by atoms with E-state index in [-0.39, 0.29) is 6.61 Å². The van der Waals surface area contributed by atoms with Crippen molar-refractivity contribution in [2.45, 2.75) is 39.3 Å². The molecule has 0 aliphatic carbocycles. The fourth-order valence-electron chi connectivity index (χ4n) is 2.16. The first-order valence-corrected chi connectivity index (χ1v) is 6.60. The number of nitrogens with zero attached hydrogens (tertiary/aromatic N) is 1. The Morgan fingerprint density at radius 3 is 2.28 bits per heavy atom. The van der Waals surface area contributed by atoms with E-state index < -0.39 is 0 Å². The van der Waals surface area contributed by atoms with Crippen molar-refractivity contribution >= 4 is 0 Å². The Kier molecular flexibility index (Phi) is 6.49. The molecule has 2 nitrogen and oxygen atoms in total. The van der Waals surface area contributed by atoms with Crippen molar-refractivity contribution in [3.63, 3.8) is 0 Å². The third-order valence-corrected chi connectivity index (χ3v) is 3.26. The Morgan fingerprint density at radius 2 is 1.78 bits per heavy atom. The van der Waals surface area contributed by atoms with E-state index in [9.17, 15) is 0 Å². The maximum absolute atomic E-state index is 8.64. The number of hydrogen-bond donors (Lipinski definition) is 1. The van der Waals surface area contributed by atoms with Gasteiger partial charge in [-0.2, -0.15) is 0 Å². The molecule has 0 spiro atoms. The van der Waals surface area contributed by atoms with Gasteiger partial charge in [0.15, 0.2) is 0 Å². The summed E-state index contributed by atoms with van der Waals surface area (Å²) in [6.07, 6.45) is 2.38. The quantitative estimate of drug-likeness (QED) is 0.806. The lowest BCUT2D eigenvalue weighted by atomic mass is 10.1. The first-order chi connectivity index (χ1) is 8.71. The minimum atomic E-state index is -0.0842. The summed E-state index contributed by atoms with van der Waals surface area (Å²) in [7, 11) is 2.18. The number of rotatable bonds is 5. The van der Waals surface area contributed by atoms with E-state index in [4.69, 9.17) is 5.11 Å². The average Bonchev–Trinajstić information content (AvgIpc) is 2.39. The molecule has 1 rings (SSSR count). The zero-order valence-corrected chi connectivity index (χ0v) is 11.6. The third-order valence-electron chi connectivity index (χ3n) is 3.26. The first-order valence-electron chi connectivity index (χ1n) is 6.60. The van der Waals surface area contributed by atoms with Crippen LogP contribution in [0.3, 0.4) is 0 Å². The molecule has 0 saturated carbocycles. The topological polar surface area (TPSA) is 23.5 Å². The van der Waals surface area contributed by atoms with Crippen LogP contribution in [0.1, 0.15) is 37.8 Å². The van der Waals surface area contributed by atoms with Gasteiger partial charge in [0.1, 0.15) is 6.61 Å². The van der Waals surface area contributed by atoms with Crippen molar-refractivity contribution in [1.82, 2.24) is 4.90 Å². The summed E-state index contributed by atoms with van der Waals surface area (Å²) in [6, 6.07) is 8.90. The van der Waals surface area contributed by atoms with E-state index in [1.54, 1.807) is 0 Å². The van der Waals surface area contributed by atoms with Crippen LogP contribution in [0.5, 0.6) is 0 Å². The standard InChI is InChI=1S/C16H23NO/c1-4-16(5-2)17(3)13-15-10-8-14(9-11-15)7-6-12-18/h8-11,16,18H,4-5,12-13H2,1-3H3. The molecule has 0 amide bonds. The van der Waals surface area contributed by atoms with Crippen LogP contribution in [0, 0.1) is 11.8 Å². The van der Waals surface area contributed by atoms with Crippen LogP contribution < -0.4 is 0 Å². The highest BCUT2D eigenvalue weighted by Crippen LogP contribution is 2.12. The van der Waals surface area contributed by atoms with E-state index >= 15 is 0 Å². The van der Waals surface area contributed by atoms with Gasteiger partial charge < -0.3 is 5.11 Å². The Bertz CT molecular complexity index is 395. The van der Waals surface area contributed by atoms with E-state index in [0.717, 1.165) is 12.1 Å². The number of hydrogen-bond acceptors (Lipinski definition) is 2. The average molecular weight is 245 g/mol. The molecule has 1 aromatic carbocycles. The second kappa shape index (κ2) is 7.92. The molecule has 0 unspecified atom stereocenters. The number of aliphatic hydroxyl groups is 1. The largest absolute Gasteiger partial charge is 0.384 e. The summed E-state index contributed by atoms with van der Waals surface area (Å²) in [5.74, 6) is 5.56. The van der Waals surface area contributed by atoms with E-state index in [2.05, 4.69) is 49.8 Å². The zero-order chi connectivity index (χ0) is 13.4. The smallest absolute Gasteiger partial charge is 0.104 e. The van der Waals surface area contributed by atoms with Gasteiger partial charge in [0, 0.05) is 18.2 Å². The van der Waals surface area contributed by atoms with Gasteiger partial charge in [-0.1, -0.05) is 37.8 Å². The molecule has 1 aromatic rings. The molecular weight excluding hydrogens is 222 g/mol. The third kappa shape index (κ3) is 4.52. The molecule has 0 fully saturated rings. The molecule has 0 aromatic heterocycles. The molecule has 0 bridgehead atoms. The molecule has 2 heteroatoms. The van der Waals surface area contributed by atoms with Gasteiger partial charge in [0.25, 0.3) is 0 Å². The first kappa shape index (κ1) is 14.8. The maximum Gasteiger partial charge on any atom is 0.104 e. The zero-order valence-electron chi connectivity index (χ0n) is 11.6. The van der Waals surface area contributed by atoms with Crippen LogP contribution in [0.25, 0.3) is 0 Å². The molecule has 18 heavy (non-hydrogen) atoms. The van der Waals surface area contributed by atoms with Crippen molar-refractivity contribution in [3.8, 4) is 11.8 Å². The van der Waals surface area contributed by atoms with Crippen LogP contribution in [0.15, 0.2) is 24.3 Å². The maximum atomic E-state index is 8.64. The van der Waals surface area contributed by atoms with Crippen LogP contribution in [-0.2, 0) is 6.54 Å². The van der Waals surface area contributed by atoms with Crippen molar-refractivity contribution in [3.05, 3.63) is 35.4 Å². The Labute approximate surface area is 111 Å². The molecule has 0 heterocycles. The minimum absolute atomic E-state index is 0.0842. The predicted molar refractivity (Wildman–Crippen MR) is 76.2 cm³/mol. The molecule has 0 atom stereocenters. The summed E-state index contributed by atoms with van der Waals surface area (Å²) in [5, 5.41) is 8.64. The van der Waals surface area contributed by atoms with E-state index in [0.29, 0.717) is 6.04 Å². The van der Waals surface area contributed by atoms with Crippen molar-refractivity contribution in [2.75, 3.05) is 13.7 Å². The van der Waals surface area contributed by atoms with Gasteiger partial charge in [-0.3, -0.25) is 4.90 Å². The molecule has 0 saturated heterocycles. The van der Waals surface area contributed by atoms with Crippen LogP contribution in [-0.4, -0.2) is 29.7 Å². The second-order valence-corrected chi connectivity index (χ2v) is 4.54. The fourth-order valence-corrected chi connectivity index (χ4v) is 2.16. The summed E-state index contributed by atoms with van der Waals surface area (Å²) < 4.78 is 0. The lowest BCUT2D eigenvalue weighted by Gasteiger charge is -2.26. The van der Waals surface area contributed by atoms with E-state index in [1.165, 1.54) is 18.4 Å². The summed E-state index contributed by atoms with van der Waals surface area (Å²) >= 11 is 0. The Hall–Kier alpha value is -1.30. The van der Waals surface area contributed by atoms with Gasteiger partial charge >= 0.3 is 0 Å². The summed E-state index contributed by atoms with van der Waals surface area (Å²) in [5.41, 5.74) is 2.26. The second-order valence-electron chi connectivity index (χ2n) is 4.54. The molecule has 0 aliphatic heterocycles. The van der Waals surface area contributed by atoms with Gasteiger partial charge in [-0.05, 0) is 37.6 Å². The lowest BCUT2D eigenvalue weighted by molar-refractivity contribution is 0.222. The van der Waals surface area contributed by atoms with Crippen LogP contribution in [0.2, 0.25) is 0 Å². The fraction of sp³-hybridized carbons (Fsp3) is 0.500. The van der Waals surface area contributed by atoms with Crippen molar-refractivity contribution in [2.24, 2.45) is 0 Å². The molecule has 0 aliphatic rings. The monoisotopic (exact) mass is 245 g/mol. The predicted octanol–water partition coefficient (Wildman–Crippen LogP) is 2.65. The molecular formula is C16H23NO. The van der Waals surface area contributed by atoms with Crippen molar-refractivity contribution in [1.29, 1.82) is 0 Å². The van der Waals surface area contributed by atoms with Gasteiger partial charge in [0.05, 0.1) is 0 Å². The van der Waals surface area contributed by atoms with E-state index in [1.807, 2.05) is 12.1 Å². The molecule has 1 N–H and O–H groups in total. The normalized spacial score (nSPS) is 10.6. The number of aliphatic hydroxyl groups excluding tert-OH is 1. The summed E-state index contributed by atoms with van der Waals surface area (Å²) in [6.45, 7) is 5.36. The van der Waals surface area contributed by atoms with Crippen LogP contribution in [0.4, 0.5) is 0 Å². The van der Waals surface area contributed by atoms with Crippen LogP contribution >= 0.6 is 0 Å². The highest BCUT2D eigenvalue weighted by molar-refractivity contribution is 5.36. The lowest BCUT2D eigenvalue weighted by Crippen LogP contribution is -2.29. The molecule has 98 valence electrons. The van der Waals surface area contributed by atoms with Gasteiger partial charge in [-0.25, -0.2) is 0 Å².